The number of rotatable bonds is 3. The first-order chi connectivity index (χ1) is 9.08. The van der Waals surface area contributed by atoms with E-state index < -0.39 is 0 Å². The molecule has 0 aromatic heterocycles. The van der Waals surface area contributed by atoms with Crippen LogP contribution in [0, 0.1) is 12.8 Å². The van der Waals surface area contributed by atoms with E-state index in [9.17, 15) is 4.79 Å². The predicted molar refractivity (Wildman–Crippen MR) is 77.7 cm³/mol. The van der Waals surface area contributed by atoms with Gasteiger partial charge in [-0.1, -0.05) is 42.7 Å². The summed E-state index contributed by atoms with van der Waals surface area (Å²) in [4.78, 5) is 12.3. The van der Waals surface area contributed by atoms with Gasteiger partial charge in [-0.15, -0.1) is 0 Å². The fourth-order valence-electron chi connectivity index (χ4n) is 2.74. The first kappa shape index (κ1) is 14.1. The number of nitrogens with two attached hydrogens (primary N) is 1. The average Bonchev–Trinajstić information content (AvgIpc) is 2.39. The zero-order valence-corrected chi connectivity index (χ0v) is 11.9. The minimum absolute atomic E-state index is 0.0124. The summed E-state index contributed by atoms with van der Waals surface area (Å²) in [5.41, 5.74) is 8.43. The molecule has 1 aromatic rings. The maximum Gasteiger partial charge on any atom is 0.225 e. The summed E-state index contributed by atoms with van der Waals surface area (Å²) in [5, 5.41) is 3.10. The van der Waals surface area contributed by atoms with E-state index in [-0.39, 0.29) is 23.9 Å². The lowest BCUT2D eigenvalue weighted by atomic mass is 9.84. The number of hydrogen-bond acceptors (Lipinski definition) is 2. The fourth-order valence-corrected chi connectivity index (χ4v) is 2.74. The predicted octanol–water partition coefficient (Wildman–Crippen LogP) is 2.69. The Kier molecular flexibility index (Phi) is 4.59. The number of carbonyl (C=O) groups excluding carboxylic acids is 1. The van der Waals surface area contributed by atoms with Crippen molar-refractivity contribution in [2.45, 2.75) is 51.6 Å². The van der Waals surface area contributed by atoms with Gasteiger partial charge >= 0.3 is 0 Å². The Morgan fingerprint density at radius 1 is 1.26 bits per heavy atom. The van der Waals surface area contributed by atoms with Crippen LogP contribution in [-0.2, 0) is 4.79 Å². The molecule has 2 unspecified atom stereocenters. The summed E-state index contributed by atoms with van der Waals surface area (Å²) in [6.45, 7) is 4.09. The van der Waals surface area contributed by atoms with Gasteiger partial charge in [-0.3, -0.25) is 4.79 Å². The van der Waals surface area contributed by atoms with Crippen LogP contribution < -0.4 is 11.1 Å². The molecule has 1 aromatic carbocycles. The highest BCUT2D eigenvalue weighted by atomic mass is 16.2. The second-order valence-corrected chi connectivity index (χ2v) is 5.70. The lowest BCUT2D eigenvalue weighted by Gasteiger charge is -2.28. The molecule has 1 aliphatic rings. The smallest absolute Gasteiger partial charge is 0.225 e. The second-order valence-electron chi connectivity index (χ2n) is 5.70. The van der Waals surface area contributed by atoms with E-state index in [0.717, 1.165) is 31.2 Å². The van der Waals surface area contributed by atoms with Gasteiger partial charge in [0.15, 0.2) is 0 Å². The molecule has 1 amide bonds. The Balaban J connectivity index is 1.96. The van der Waals surface area contributed by atoms with Gasteiger partial charge in [0.05, 0.1) is 12.0 Å². The fraction of sp³-hybridized carbons (Fsp3) is 0.562. The molecule has 0 radical (unpaired) electrons. The molecule has 3 N–H and O–H groups in total. The molecular formula is C16H24N2O. The van der Waals surface area contributed by atoms with Gasteiger partial charge in [0.2, 0.25) is 5.91 Å². The summed E-state index contributed by atoms with van der Waals surface area (Å²) in [6.07, 6.45) is 4.16. The van der Waals surface area contributed by atoms with Crippen molar-refractivity contribution < 1.29 is 4.79 Å². The van der Waals surface area contributed by atoms with Crippen LogP contribution in [0.5, 0.6) is 0 Å². The van der Waals surface area contributed by atoms with E-state index >= 15 is 0 Å². The molecule has 0 spiro atoms. The minimum atomic E-state index is -0.0124. The largest absolute Gasteiger partial charge is 0.349 e. The summed E-state index contributed by atoms with van der Waals surface area (Å²) >= 11 is 0. The molecule has 0 heterocycles. The van der Waals surface area contributed by atoms with Crippen molar-refractivity contribution in [2.24, 2.45) is 11.7 Å². The van der Waals surface area contributed by atoms with Gasteiger partial charge in [-0.2, -0.15) is 0 Å². The van der Waals surface area contributed by atoms with E-state index in [2.05, 4.69) is 36.5 Å². The van der Waals surface area contributed by atoms with Crippen LogP contribution in [0.3, 0.4) is 0 Å². The van der Waals surface area contributed by atoms with E-state index in [1.54, 1.807) is 0 Å². The third-order valence-corrected chi connectivity index (χ3v) is 4.09. The normalized spacial score (nSPS) is 24.8. The van der Waals surface area contributed by atoms with Gasteiger partial charge in [-0.25, -0.2) is 0 Å². The van der Waals surface area contributed by atoms with Crippen LogP contribution in [0.25, 0.3) is 0 Å². The SMILES string of the molecule is Cc1ccc([C@H](C)NC(=O)C2CCCCC2N)cc1. The summed E-state index contributed by atoms with van der Waals surface area (Å²) in [6, 6.07) is 8.36. The molecule has 1 aliphatic carbocycles. The molecule has 2 rings (SSSR count). The van der Waals surface area contributed by atoms with Crippen molar-refractivity contribution in [1.29, 1.82) is 0 Å². The Morgan fingerprint density at radius 3 is 2.53 bits per heavy atom. The number of hydrogen-bond donors (Lipinski definition) is 2. The third-order valence-electron chi connectivity index (χ3n) is 4.09. The zero-order chi connectivity index (χ0) is 13.8. The van der Waals surface area contributed by atoms with Crippen molar-refractivity contribution in [3.63, 3.8) is 0 Å². The van der Waals surface area contributed by atoms with Crippen LogP contribution in [0.15, 0.2) is 24.3 Å². The van der Waals surface area contributed by atoms with Gasteiger partial charge in [-0.05, 0) is 32.3 Å². The number of nitrogens with one attached hydrogen (secondary N) is 1. The number of benzene rings is 1. The maximum atomic E-state index is 12.3. The Morgan fingerprint density at radius 2 is 1.89 bits per heavy atom. The highest BCUT2D eigenvalue weighted by Crippen LogP contribution is 2.24. The Hall–Kier alpha value is -1.35. The molecule has 104 valence electrons. The number of aryl methyl sites for hydroxylation is 1. The first-order valence-electron chi connectivity index (χ1n) is 7.20. The molecule has 3 nitrogen and oxygen atoms in total. The monoisotopic (exact) mass is 260 g/mol. The number of carbonyl (C=O) groups is 1. The molecule has 3 atom stereocenters. The molecule has 3 heteroatoms. The Labute approximate surface area is 115 Å². The van der Waals surface area contributed by atoms with Crippen molar-refractivity contribution >= 4 is 5.91 Å². The Bertz CT molecular complexity index is 427. The van der Waals surface area contributed by atoms with Crippen molar-refractivity contribution in [3.8, 4) is 0 Å². The van der Waals surface area contributed by atoms with E-state index in [4.69, 9.17) is 5.73 Å². The van der Waals surface area contributed by atoms with E-state index in [1.807, 2.05) is 6.92 Å². The van der Waals surface area contributed by atoms with Crippen LogP contribution in [0.2, 0.25) is 0 Å². The molecular weight excluding hydrogens is 236 g/mol. The van der Waals surface area contributed by atoms with E-state index in [1.165, 1.54) is 5.56 Å². The molecule has 19 heavy (non-hydrogen) atoms. The van der Waals surface area contributed by atoms with Crippen molar-refractivity contribution in [3.05, 3.63) is 35.4 Å². The number of amides is 1. The highest BCUT2D eigenvalue weighted by Gasteiger charge is 2.28. The molecule has 1 fully saturated rings. The summed E-state index contributed by atoms with van der Waals surface area (Å²) in [5.74, 6) is 0.0990. The van der Waals surface area contributed by atoms with Crippen LogP contribution in [-0.4, -0.2) is 11.9 Å². The second kappa shape index (κ2) is 6.20. The summed E-state index contributed by atoms with van der Waals surface area (Å²) < 4.78 is 0. The summed E-state index contributed by atoms with van der Waals surface area (Å²) in [7, 11) is 0. The topological polar surface area (TPSA) is 55.1 Å². The molecule has 1 saturated carbocycles. The maximum absolute atomic E-state index is 12.3. The van der Waals surface area contributed by atoms with Gasteiger partial charge in [0, 0.05) is 6.04 Å². The lowest BCUT2D eigenvalue weighted by molar-refractivity contribution is -0.127. The molecule has 0 bridgehead atoms. The lowest BCUT2D eigenvalue weighted by Crippen LogP contribution is -2.44. The molecule has 0 aliphatic heterocycles. The van der Waals surface area contributed by atoms with E-state index in [0.29, 0.717) is 0 Å². The average molecular weight is 260 g/mol. The zero-order valence-electron chi connectivity index (χ0n) is 11.9. The first-order valence-corrected chi connectivity index (χ1v) is 7.20. The van der Waals surface area contributed by atoms with Crippen LogP contribution >= 0.6 is 0 Å². The van der Waals surface area contributed by atoms with Gasteiger partial charge in [0.1, 0.15) is 0 Å². The standard InChI is InChI=1S/C16H24N2O/c1-11-7-9-13(10-8-11)12(2)18-16(19)14-5-3-4-6-15(14)17/h7-10,12,14-15H,3-6,17H2,1-2H3,(H,18,19)/t12-,14?,15?/m0/s1. The highest BCUT2D eigenvalue weighted by molar-refractivity contribution is 5.79. The van der Waals surface area contributed by atoms with Crippen LogP contribution in [0.1, 0.15) is 49.8 Å². The molecule has 0 saturated heterocycles. The van der Waals surface area contributed by atoms with Crippen molar-refractivity contribution in [1.82, 2.24) is 5.32 Å². The van der Waals surface area contributed by atoms with Gasteiger partial charge < -0.3 is 11.1 Å². The van der Waals surface area contributed by atoms with Gasteiger partial charge in [0.25, 0.3) is 0 Å². The quantitative estimate of drug-likeness (QED) is 0.878. The van der Waals surface area contributed by atoms with Crippen LogP contribution in [0.4, 0.5) is 0 Å². The van der Waals surface area contributed by atoms with Crippen molar-refractivity contribution in [2.75, 3.05) is 0 Å². The minimum Gasteiger partial charge on any atom is -0.349 e. The third kappa shape index (κ3) is 3.57.